The van der Waals surface area contributed by atoms with Crippen LogP contribution >= 0.6 is 0 Å². The van der Waals surface area contributed by atoms with Gasteiger partial charge in [0.05, 0.1) is 23.4 Å². The number of anilines is 1. The van der Waals surface area contributed by atoms with E-state index in [4.69, 9.17) is 4.74 Å². The molecule has 0 radical (unpaired) electrons. The molecule has 172 valence electrons. The average molecular weight is 445 g/mol. The highest BCUT2D eigenvalue weighted by molar-refractivity contribution is 5.89. The molecule has 2 N–H and O–H groups in total. The van der Waals surface area contributed by atoms with E-state index in [2.05, 4.69) is 5.32 Å². The first kappa shape index (κ1) is 22.1. The fourth-order valence-electron chi connectivity index (χ4n) is 4.44. The molecule has 1 unspecified atom stereocenters. The Hall–Kier alpha value is -3.10. The summed E-state index contributed by atoms with van der Waals surface area (Å²) in [5.41, 5.74) is 0.618. The van der Waals surface area contributed by atoms with Crippen molar-refractivity contribution in [1.82, 2.24) is 9.72 Å². The Kier molecular flexibility index (Phi) is 5.38. The molecule has 2 aromatic heterocycles. The van der Waals surface area contributed by atoms with Crippen LogP contribution in [0.25, 0.3) is 5.52 Å². The van der Waals surface area contributed by atoms with Crippen LogP contribution in [0.5, 0.6) is 0 Å². The maximum Gasteiger partial charge on any atom is 0.407 e. The molecular formula is C23H28FN3O5. The average Bonchev–Trinajstić information content (AvgIpc) is 3.41. The molecule has 1 saturated carbocycles. The number of rotatable bonds is 4. The number of aryl methyl sites for hydroxylation is 1. The lowest BCUT2D eigenvalue weighted by molar-refractivity contribution is 0.0508. The van der Waals surface area contributed by atoms with Gasteiger partial charge in [-0.15, -0.1) is 0 Å². The number of nitrogens with zero attached hydrogens (tertiary/aromatic N) is 2. The van der Waals surface area contributed by atoms with E-state index in [9.17, 15) is 19.5 Å². The number of carbonyl (C=O) groups excluding carboxylic acids is 1. The minimum absolute atomic E-state index is 0.167. The van der Waals surface area contributed by atoms with Gasteiger partial charge < -0.3 is 20.1 Å². The first-order valence-electron chi connectivity index (χ1n) is 10.8. The van der Waals surface area contributed by atoms with E-state index in [0.29, 0.717) is 36.3 Å². The summed E-state index contributed by atoms with van der Waals surface area (Å²) in [4.78, 5) is 38.3. The van der Waals surface area contributed by atoms with Gasteiger partial charge in [0.25, 0.3) is 5.56 Å². The second-order valence-electron chi connectivity index (χ2n) is 9.65. The highest BCUT2D eigenvalue weighted by Gasteiger charge is 2.33. The monoisotopic (exact) mass is 445 g/mol. The molecule has 1 aliphatic carbocycles. The van der Waals surface area contributed by atoms with Gasteiger partial charge in [-0.05, 0) is 70.1 Å². The number of nitrogens with one attached hydrogen (secondary N) is 1. The van der Waals surface area contributed by atoms with Gasteiger partial charge in [-0.1, -0.05) is 0 Å². The van der Waals surface area contributed by atoms with Crippen molar-refractivity contribution in [3.8, 4) is 0 Å². The fourth-order valence-corrected chi connectivity index (χ4v) is 4.44. The van der Waals surface area contributed by atoms with Crippen LogP contribution < -0.4 is 15.8 Å². The van der Waals surface area contributed by atoms with Crippen molar-refractivity contribution in [1.29, 1.82) is 0 Å². The van der Waals surface area contributed by atoms with E-state index < -0.39 is 29.0 Å². The highest BCUT2D eigenvalue weighted by atomic mass is 19.1. The van der Waals surface area contributed by atoms with Crippen LogP contribution in [0.2, 0.25) is 0 Å². The number of alkyl carbamates (subject to hydrolysis) is 1. The summed E-state index contributed by atoms with van der Waals surface area (Å²) in [7, 11) is 0. The standard InChI is InChI=1S/C23H28FN3O5/c1-12-18-15(13-5-6-13)9-16(21(29)30)20(28)27(18)11-17(24)19(12)26-8-7-14(10-26)25-22(31)32-23(2,3)4/h9,11,13-14H,5-8,10H2,1-4H3,(H,25,31)(H,29,30). The van der Waals surface area contributed by atoms with E-state index in [1.807, 2.05) is 4.90 Å². The van der Waals surface area contributed by atoms with Gasteiger partial charge in [-0.3, -0.25) is 9.20 Å². The number of pyridine rings is 2. The number of hydrogen-bond acceptors (Lipinski definition) is 5. The Morgan fingerprint density at radius 1 is 1.25 bits per heavy atom. The van der Waals surface area contributed by atoms with Crippen LogP contribution in [0.1, 0.15) is 67.4 Å². The molecule has 1 saturated heterocycles. The topological polar surface area (TPSA) is 100 Å². The van der Waals surface area contributed by atoms with Crippen molar-refractivity contribution in [3.63, 3.8) is 0 Å². The molecule has 0 spiro atoms. The predicted octanol–water partition coefficient (Wildman–Crippen LogP) is 3.43. The smallest absolute Gasteiger partial charge is 0.407 e. The number of hydrogen-bond donors (Lipinski definition) is 2. The van der Waals surface area contributed by atoms with Gasteiger partial charge in [0, 0.05) is 13.1 Å². The number of carbonyl (C=O) groups is 2. The van der Waals surface area contributed by atoms with Crippen LogP contribution in [0.3, 0.4) is 0 Å². The Bertz CT molecular complexity index is 1160. The largest absolute Gasteiger partial charge is 0.477 e. The summed E-state index contributed by atoms with van der Waals surface area (Å²) in [6, 6.07) is 1.25. The lowest BCUT2D eigenvalue weighted by Crippen LogP contribution is -2.40. The molecule has 3 heterocycles. The van der Waals surface area contributed by atoms with Gasteiger partial charge in [0.1, 0.15) is 11.2 Å². The number of carboxylic acids is 1. The molecule has 2 fully saturated rings. The normalized spacial score (nSPS) is 18.8. The second kappa shape index (κ2) is 7.79. The Labute approximate surface area is 185 Å². The van der Waals surface area contributed by atoms with Crippen LogP contribution in [0.15, 0.2) is 17.1 Å². The number of halogens is 1. The van der Waals surface area contributed by atoms with Crippen LogP contribution in [0.4, 0.5) is 14.9 Å². The molecule has 9 heteroatoms. The minimum atomic E-state index is -1.32. The van der Waals surface area contributed by atoms with Gasteiger partial charge in [-0.25, -0.2) is 14.0 Å². The molecule has 4 rings (SSSR count). The third-order valence-corrected chi connectivity index (χ3v) is 5.92. The summed E-state index contributed by atoms with van der Waals surface area (Å²) in [6.07, 6.45) is 3.02. The van der Waals surface area contributed by atoms with Gasteiger partial charge in [0.2, 0.25) is 0 Å². The van der Waals surface area contributed by atoms with Crippen LogP contribution in [0, 0.1) is 12.7 Å². The number of aromatic nitrogens is 1. The Morgan fingerprint density at radius 3 is 2.53 bits per heavy atom. The SMILES string of the molecule is Cc1c(N2CCC(NC(=O)OC(C)(C)C)C2)c(F)cn2c(=O)c(C(=O)O)cc(C3CC3)c12. The van der Waals surface area contributed by atoms with E-state index in [0.717, 1.165) is 29.0 Å². The van der Waals surface area contributed by atoms with E-state index in [1.54, 1.807) is 27.7 Å². The molecular weight excluding hydrogens is 417 g/mol. The summed E-state index contributed by atoms with van der Waals surface area (Å²) in [6.45, 7) is 8.06. The zero-order valence-corrected chi connectivity index (χ0v) is 18.7. The molecule has 8 nitrogen and oxygen atoms in total. The maximum absolute atomic E-state index is 15.2. The Balaban J connectivity index is 1.69. The quantitative estimate of drug-likeness (QED) is 0.748. The van der Waals surface area contributed by atoms with Gasteiger partial charge >= 0.3 is 12.1 Å². The predicted molar refractivity (Wildman–Crippen MR) is 117 cm³/mol. The lowest BCUT2D eigenvalue weighted by atomic mass is 10.0. The van der Waals surface area contributed by atoms with E-state index in [1.165, 1.54) is 6.07 Å². The number of amides is 1. The number of fused-ring (bicyclic) bond motifs is 1. The molecule has 0 bridgehead atoms. The van der Waals surface area contributed by atoms with Crippen molar-refractivity contribution in [2.45, 2.75) is 64.5 Å². The molecule has 32 heavy (non-hydrogen) atoms. The zero-order valence-electron chi connectivity index (χ0n) is 18.7. The van der Waals surface area contributed by atoms with Crippen LogP contribution in [-0.4, -0.2) is 46.3 Å². The van der Waals surface area contributed by atoms with E-state index >= 15 is 4.39 Å². The number of ether oxygens (including phenoxy) is 1. The Morgan fingerprint density at radius 2 is 1.94 bits per heavy atom. The van der Waals surface area contributed by atoms with Crippen LogP contribution in [-0.2, 0) is 4.74 Å². The molecule has 2 aromatic rings. The fraction of sp³-hybridized carbons (Fsp3) is 0.522. The highest BCUT2D eigenvalue weighted by Crippen LogP contribution is 2.44. The molecule has 2 aliphatic rings. The molecule has 1 aliphatic heterocycles. The van der Waals surface area contributed by atoms with Crippen molar-refractivity contribution in [3.05, 3.63) is 45.1 Å². The first-order valence-corrected chi connectivity index (χ1v) is 10.8. The van der Waals surface area contributed by atoms with Crippen molar-refractivity contribution < 1.29 is 23.8 Å². The van der Waals surface area contributed by atoms with Crippen molar-refractivity contribution >= 4 is 23.3 Å². The minimum Gasteiger partial charge on any atom is -0.477 e. The maximum atomic E-state index is 15.2. The summed E-state index contributed by atoms with van der Waals surface area (Å²) >= 11 is 0. The summed E-state index contributed by atoms with van der Waals surface area (Å²) in [5, 5.41) is 12.3. The molecule has 0 aromatic carbocycles. The molecule has 1 atom stereocenters. The third kappa shape index (κ3) is 4.16. The second-order valence-corrected chi connectivity index (χ2v) is 9.65. The first-order chi connectivity index (χ1) is 15.0. The summed E-state index contributed by atoms with van der Waals surface area (Å²) in [5.74, 6) is -1.75. The van der Waals surface area contributed by atoms with E-state index in [-0.39, 0.29) is 17.5 Å². The third-order valence-electron chi connectivity index (χ3n) is 5.92. The van der Waals surface area contributed by atoms with Crippen molar-refractivity contribution in [2.75, 3.05) is 18.0 Å². The van der Waals surface area contributed by atoms with Gasteiger partial charge in [-0.2, -0.15) is 0 Å². The number of aromatic carboxylic acids is 1. The summed E-state index contributed by atoms with van der Waals surface area (Å²) < 4.78 is 21.7. The molecule has 1 amide bonds. The van der Waals surface area contributed by atoms with Crippen molar-refractivity contribution in [2.24, 2.45) is 0 Å². The lowest BCUT2D eigenvalue weighted by Gasteiger charge is -2.25. The zero-order chi connectivity index (χ0) is 23.4. The number of carboxylic acid groups (broad SMARTS) is 1. The van der Waals surface area contributed by atoms with Gasteiger partial charge in [0.15, 0.2) is 5.82 Å².